The lowest BCUT2D eigenvalue weighted by atomic mass is 10.0. The first-order chi connectivity index (χ1) is 26.8. The van der Waals surface area contributed by atoms with E-state index in [1.165, 1.54) is 10.5 Å². The van der Waals surface area contributed by atoms with Gasteiger partial charge in [-0.1, -0.05) is 36.4 Å². The molecular weight excluding hydrogens is 721 g/mol. The Bertz CT molecular complexity index is 2350. The van der Waals surface area contributed by atoms with Gasteiger partial charge in [-0.3, -0.25) is 33.7 Å². The maximum atomic E-state index is 13.1. The Morgan fingerprint density at radius 1 is 1.05 bits per heavy atom. The fourth-order valence-corrected chi connectivity index (χ4v) is 8.34. The molecule has 14 nitrogen and oxygen atoms in total. The molecule has 1 unspecified atom stereocenters. The minimum absolute atomic E-state index is 0.159. The number of imide groups is 1. The largest absolute Gasteiger partial charge is 0.466 e. The summed E-state index contributed by atoms with van der Waals surface area (Å²) >= 11 is 1.61. The first-order valence-electron chi connectivity index (χ1n) is 18.2. The highest BCUT2D eigenvalue weighted by atomic mass is 32.1. The van der Waals surface area contributed by atoms with E-state index >= 15 is 0 Å². The molecule has 280 valence electrons. The van der Waals surface area contributed by atoms with Gasteiger partial charge < -0.3 is 19.7 Å². The fourth-order valence-electron chi connectivity index (χ4n) is 7.10. The van der Waals surface area contributed by atoms with Crippen LogP contribution in [-0.4, -0.2) is 72.3 Å². The van der Waals surface area contributed by atoms with E-state index in [1.54, 1.807) is 34.3 Å². The van der Waals surface area contributed by atoms with Crippen molar-refractivity contribution in [1.82, 2.24) is 34.8 Å². The number of aryl methyl sites for hydroxylation is 2. The van der Waals surface area contributed by atoms with Crippen LogP contribution in [0, 0.1) is 18.8 Å². The van der Waals surface area contributed by atoms with Crippen LogP contribution in [0.4, 0.5) is 5.69 Å². The third-order valence-electron chi connectivity index (χ3n) is 9.86. The molecule has 55 heavy (non-hydrogen) atoms. The molecule has 3 aromatic heterocycles. The monoisotopic (exact) mass is 758 g/mol. The van der Waals surface area contributed by atoms with E-state index in [4.69, 9.17) is 9.47 Å². The average molecular weight is 759 g/mol. The van der Waals surface area contributed by atoms with Gasteiger partial charge in [0.25, 0.3) is 5.91 Å². The Hall–Kier alpha value is -6.11. The van der Waals surface area contributed by atoms with Crippen LogP contribution in [0.2, 0.25) is 0 Å². The van der Waals surface area contributed by atoms with Gasteiger partial charge in [0, 0.05) is 48.1 Å². The zero-order chi connectivity index (χ0) is 37.9. The molecule has 6 heterocycles. The van der Waals surface area contributed by atoms with Gasteiger partial charge in [-0.15, -0.1) is 21.5 Å². The summed E-state index contributed by atoms with van der Waals surface area (Å²) in [6.07, 6.45) is 3.75. The van der Waals surface area contributed by atoms with Gasteiger partial charge in [-0.05, 0) is 67.4 Å². The highest BCUT2D eigenvalue weighted by Gasteiger charge is 2.39. The van der Waals surface area contributed by atoms with Crippen LogP contribution >= 0.6 is 11.3 Å². The van der Waals surface area contributed by atoms with Crippen molar-refractivity contribution < 1.29 is 28.7 Å². The number of hydrogen-bond donors (Lipinski definition) is 2. The van der Waals surface area contributed by atoms with Crippen LogP contribution in [0.1, 0.15) is 80.5 Å². The van der Waals surface area contributed by atoms with Gasteiger partial charge in [0.1, 0.15) is 29.2 Å². The molecule has 1 fully saturated rings. The van der Waals surface area contributed by atoms with Gasteiger partial charge in [0.15, 0.2) is 5.82 Å². The summed E-state index contributed by atoms with van der Waals surface area (Å²) < 4.78 is 15.2. The lowest BCUT2D eigenvalue weighted by molar-refractivity contribution is -0.144. The van der Waals surface area contributed by atoms with E-state index in [9.17, 15) is 19.2 Å². The Morgan fingerprint density at radius 3 is 2.78 bits per heavy atom. The van der Waals surface area contributed by atoms with Gasteiger partial charge >= 0.3 is 5.97 Å². The molecule has 3 aliphatic heterocycles. The van der Waals surface area contributed by atoms with Crippen LogP contribution < -0.4 is 10.6 Å². The van der Waals surface area contributed by atoms with Gasteiger partial charge in [-0.25, -0.2) is 0 Å². The number of thiophene rings is 1. The number of nitrogens with one attached hydrogen (secondary N) is 2. The number of carbonyl (C=O) groups is 4. The average Bonchev–Trinajstić information content (AvgIpc) is 3.93. The van der Waals surface area contributed by atoms with Crippen molar-refractivity contribution in [3.63, 3.8) is 0 Å². The smallest absolute Gasteiger partial charge is 0.307 e. The van der Waals surface area contributed by atoms with E-state index in [-0.39, 0.29) is 43.8 Å². The predicted octanol–water partition coefficient (Wildman–Crippen LogP) is 4.05. The molecule has 0 aliphatic carbocycles. The minimum atomic E-state index is -0.670. The van der Waals surface area contributed by atoms with E-state index in [0.29, 0.717) is 56.8 Å². The molecule has 5 aromatic rings. The molecule has 2 N–H and O–H groups in total. The Labute approximate surface area is 320 Å². The lowest BCUT2D eigenvalue weighted by Gasteiger charge is -2.29. The van der Waals surface area contributed by atoms with Crippen molar-refractivity contribution in [3.05, 3.63) is 111 Å². The van der Waals surface area contributed by atoms with Crippen molar-refractivity contribution >= 4 is 40.7 Å². The number of fused-ring (bicyclic) bond motifs is 4. The van der Waals surface area contributed by atoms with Crippen LogP contribution in [0.3, 0.4) is 0 Å². The molecule has 0 radical (unpaired) electrons. The molecule has 3 amide bonds. The SMILES string of the molecule is Cc1nnc2n1-c1sc(C#Cc3ccn(CCC(=O)OCCCNc4cccc5c4CN(C4CCC(=O)NC4=O)C5=O)n3)c(Cc3ccccc3)c1COC2. The first kappa shape index (κ1) is 35.9. The number of anilines is 1. The first-order valence-corrected chi connectivity index (χ1v) is 19.0. The van der Waals surface area contributed by atoms with E-state index in [0.717, 1.165) is 43.9 Å². The molecular formula is C40H38N8O6S. The summed E-state index contributed by atoms with van der Waals surface area (Å²) in [6, 6.07) is 16.9. The van der Waals surface area contributed by atoms with Crippen molar-refractivity contribution in [3.8, 4) is 16.8 Å². The summed E-state index contributed by atoms with van der Waals surface area (Å²) in [5, 5.41) is 19.9. The summed E-state index contributed by atoms with van der Waals surface area (Å²) in [6.45, 7) is 4.18. The quantitative estimate of drug-likeness (QED) is 0.0870. The maximum Gasteiger partial charge on any atom is 0.307 e. The summed E-state index contributed by atoms with van der Waals surface area (Å²) in [4.78, 5) is 52.1. The Morgan fingerprint density at radius 2 is 1.93 bits per heavy atom. The van der Waals surface area contributed by atoms with E-state index < -0.39 is 11.9 Å². The van der Waals surface area contributed by atoms with Gasteiger partial charge in [-0.2, -0.15) is 5.10 Å². The third kappa shape index (κ3) is 7.64. The van der Waals surface area contributed by atoms with Crippen LogP contribution in [-0.2, 0) is 56.6 Å². The number of esters is 1. The number of benzene rings is 2. The minimum Gasteiger partial charge on any atom is -0.466 e. The van der Waals surface area contributed by atoms with Crippen LogP contribution in [0.15, 0.2) is 60.8 Å². The Balaban J connectivity index is 0.836. The normalized spacial score (nSPS) is 16.1. The predicted molar refractivity (Wildman–Crippen MR) is 201 cm³/mol. The summed E-state index contributed by atoms with van der Waals surface area (Å²) in [7, 11) is 0. The van der Waals surface area contributed by atoms with Crippen molar-refractivity contribution in [2.24, 2.45) is 0 Å². The number of aromatic nitrogens is 5. The second-order valence-corrected chi connectivity index (χ2v) is 14.5. The zero-order valence-electron chi connectivity index (χ0n) is 30.2. The summed E-state index contributed by atoms with van der Waals surface area (Å²) in [5.74, 6) is 6.87. The highest BCUT2D eigenvalue weighted by molar-refractivity contribution is 7.15. The number of amides is 3. The molecule has 3 aliphatic rings. The zero-order valence-corrected chi connectivity index (χ0v) is 31.0. The van der Waals surface area contributed by atoms with Crippen LogP contribution in [0.5, 0.6) is 0 Å². The number of nitrogens with zero attached hydrogens (tertiary/aromatic N) is 6. The van der Waals surface area contributed by atoms with Crippen molar-refractivity contribution in [2.45, 2.75) is 71.4 Å². The maximum absolute atomic E-state index is 13.1. The van der Waals surface area contributed by atoms with Crippen LogP contribution in [0.25, 0.3) is 5.00 Å². The Kier molecular flexibility index (Phi) is 10.2. The topological polar surface area (TPSA) is 163 Å². The molecule has 15 heteroatoms. The van der Waals surface area contributed by atoms with Gasteiger partial charge in [0.05, 0.1) is 31.1 Å². The molecule has 8 rings (SSSR count). The number of piperidine rings is 1. The van der Waals surface area contributed by atoms with E-state index in [1.807, 2.05) is 37.3 Å². The van der Waals surface area contributed by atoms with Crippen molar-refractivity contribution in [1.29, 1.82) is 0 Å². The standard InChI is InChI=1S/C40H38N8O6S/c1-25-43-44-35-24-53-23-31-29(21-26-7-3-2-4-8-26)34(55-40(31)48(25)35)13-11-27-15-18-46(45-27)19-16-37(50)54-20-6-17-41-32-10-5-9-28-30(32)22-47(39(28)52)33-12-14-36(49)42-38(33)51/h2-5,7-10,15,18,33,41H,6,12,14,16-17,19-24H2,1H3,(H,42,49,51). The summed E-state index contributed by atoms with van der Waals surface area (Å²) in [5.41, 5.74) is 6.14. The molecule has 2 aromatic carbocycles. The lowest BCUT2D eigenvalue weighted by Crippen LogP contribution is -2.52. The molecule has 1 atom stereocenters. The second kappa shape index (κ2) is 15.7. The second-order valence-electron chi connectivity index (χ2n) is 13.5. The van der Waals surface area contributed by atoms with Gasteiger partial charge in [0.2, 0.25) is 11.8 Å². The molecule has 0 bridgehead atoms. The molecule has 1 saturated heterocycles. The number of rotatable bonds is 11. The fraction of sp³-hybridized carbons (Fsp3) is 0.325. The number of carbonyl (C=O) groups excluding carboxylic acids is 4. The number of ether oxygens (including phenoxy) is 2. The molecule has 0 spiro atoms. The molecule has 0 saturated carbocycles. The van der Waals surface area contributed by atoms with E-state index in [2.05, 4.69) is 54.5 Å². The number of hydrogen-bond acceptors (Lipinski definition) is 11. The highest BCUT2D eigenvalue weighted by Crippen LogP contribution is 2.37. The third-order valence-corrected chi connectivity index (χ3v) is 11.0. The van der Waals surface area contributed by atoms with Crippen molar-refractivity contribution in [2.75, 3.05) is 18.5 Å².